The van der Waals surface area contributed by atoms with E-state index in [1.54, 1.807) is 60.6 Å². The van der Waals surface area contributed by atoms with E-state index in [4.69, 9.17) is 25.9 Å². The van der Waals surface area contributed by atoms with Crippen molar-refractivity contribution in [2.75, 3.05) is 44.1 Å². The third-order valence-electron chi connectivity index (χ3n) is 5.71. The van der Waals surface area contributed by atoms with Gasteiger partial charge in [0.05, 0.1) is 54.2 Å². The number of halogens is 4. The van der Waals surface area contributed by atoms with Crippen molar-refractivity contribution in [3.8, 4) is 5.69 Å². The number of hydroxylamine groups is 1. The predicted molar refractivity (Wildman–Crippen MR) is 146 cm³/mol. The number of anilines is 2. The van der Waals surface area contributed by atoms with Gasteiger partial charge in [-0.25, -0.2) is 9.59 Å². The molecular weight excluding hydrogens is 567 g/mol. The summed E-state index contributed by atoms with van der Waals surface area (Å²) in [5, 5.41) is 5.07. The Bertz CT molecular complexity index is 1510. The molecule has 2 aromatic carbocycles. The topological polar surface area (TPSA) is 116 Å². The van der Waals surface area contributed by atoms with E-state index in [1.807, 2.05) is 0 Å². The highest BCUT2D eigenvalue weighted by Gasteiger charge is 2.33. The molecule has 0 saturated carbocycles. The van der Waals surface area contributed by atoms with Crippen LogP contribution in [0.5, 0.6) is 0 Å². The lowest BCUT2D eigenvalue weighted by atomic mass is 10.2. The molecule has 0 saturated heterocycles. The number of fused-ring (bicyclic) bond motifs is 1. The number of aromatic nitrogens is 2. The predicted octanol–water partition coefficient (Wildman–Crippen LogP) is 5.67. The van der Waals surface area contributed by atoms with Gasteiger partial charge in [0.25, 0.3) is 0 Å². The number of carbonyl (C=O) groups is 2. The van der Waals surface area contributed by atoms with Crippen molar-refractivity contribution in [2.24, 2.45) is 0 Å². The Morgan fingerprint density at radius 1 is 1.00 bits per heavy atom. The first kappa shape index (κ1) is 29.8. The van der Waals surface area contributed by atoms with Crippen LogP contribution in [0.25, 0.3) is 16.6 Å². The third kappa shape index (κ3) is 7.73. The van der Waals surface area contributed by atoms with Crippen molar-refractivity contribution in [2.45, 2.75) is 6.18 Å². The molecule has 41 heavy (non-hydrogen) atoms. The number of ether oxygens (including phenoxy) is 2. The molecule has 10 nitrogen and oxygen atoms in total. The van der Waals surface area contributed by atoms with Crippen molar-refractivity contribution in [3.05, 3.63) is 83.3 Å². The fourth-order valence-corrected chi connectivity index (χ4v) is 4.02. The third-order valence-corrected chi connectivity index (χ3v) is 6.04. The standard InChI is InChI=1S/C27H25ClF3N5O5/c1-39-12-13-40-11-10-33-41-25(37)21-16-36(24-15-32-9-8-20(21)24)19-5-2-17(3-6-19)34-26(38)35-18-4-7-23(28)22(14-18)27(29,30)31/h2-9,14-16,33H,10-13H2,1H3,(H2,34,35,38). The number of nitrogens with one attached hydrogen (secondary N) is 3. The summed E-state index contributed by atoms with van der Waals surface area (Å²) in [6.45, 7) is 1.51. The van der Waals surface area contributed by atoms with Crippen LogP contribution >= 0.6 is 11.6 Å². The Hall–Kier alpha value is -4.17. The van der Waals surface area contributed by atoms with E-state index in [1.165, 1.54) is 6.07 Å². The molecule has 0 aliphatic carbocycles. The van der Waals surface area contributed by atoms with E-state index < -0.39 is 28.8 Å². The molecule has 0 spiro atoms. The Morgan fingerprint density at radius 3 is 2.46 bits per heavy atom. The normalized spacial score (nSPS) is 11.4. The molecule has 3 N–H and O–H groups in total. The number of benzene rings is 2. The van der Waals surface area contributed by atoms with E-state index >= 15 is 0 Å². The highest BCUT2D eigenvalue weighted by atomic mass is 35.5. The molecular formula is C27H25ClF3N5O5. The van der Waals surface area contributed by atoms with E-state index in [0.717, 1.165) is 12.1 Å². The largest absolute Gasteiger partial charge is 0.417 e. The monoisotopic (exact) mass is 591 g/mol. The number of hydrogen-bond acceptors (Lipinski definition) is 7. The summed E-state index contributed by atoms with van der Waals surface area (Å²) in [7, 11) is 1.57. The second-order valence-electron chi connectivity index (χ2n) is 8.51. The number of pyridine rings is 1. The maximum absolute atomic E-state index is 13.1. The van der Waals surface area contributed by atoms with E-state index in [-0.39, 0.29) is 5.69 Å². The summed E-state index contributed by atoms with van der Waals surface area (Å²) in [6.07, 6.45) is 0.110. The zero-order valence-corrected chi connectivity index (χ0v) is 22.4. The van der Waals surface area contributed by atoms with Crippen molar-refractivity contribution in [1.82, 2.24) is 15.0 Å². The molecule has 0 radical (unpaired) electrons. The second-order valence-corrected chi connectivity index (χ2v) is 8.92. The quantitative estimate of drug-likeness (QED) is 0.152. The molecule has 4 rings (SSSR count). The first-order valence-corrected chi connectivity index (χ1v) is 12.6. The smallest absolute Gasteiger partial charge is 0.382 e. The maximum Gasteiger partial charge on any atom is 0.417 e. The summed E-state index contributed by atoms with van der Waals surface area (Å²) in [5.41, 5.74) is 3.43. The summed E-state index contributed by atoms with van der Waals surface area (Å²) in [5.74, 6) is -0.595. The number of alkyl halides is 3. The average Bonchev–Trinajstić information content (AvgIpc) is 3.33. The first-order chi connectivity index (χ1) is 19.7. The zero-order chi connectivity index (χ0) is 29.4. The number of amides is 2. The van der Waals surface area contributed by atoms with Gasteiger partial charge in [0.1, 0.15) is 0 Å². The van der Waals surface area contributed by atoms with Gasteiger partial charge in [-0.05, 0) is 48.5 Å². The van der Waals surface area contributed by atoms with Crippen LogP contribution in [-0.2, 0) is 20.5 Å². The molecule has 2 heterocycles. The zero-order valence-electron chi connectivity index (χ0n) is 21.6. The lowest BCUT2D eigenvalue weighted by molar-refractivity contribution is -0.137. The molecule has 0 atom stereocenters. The van der Waals surface area contributed by atoms with Gasteiger partial charge in [-0.1, -0.05) is 11.6 Å². The molecule has 0 aliphatic rings. The number of rotatable bonds is 11. The number of nitrogens with zero attached hydrogens (tertiary/aromatic N) is 2. The van der Waals surface area contributed by atoms with Gasteiger partial charge in [-0.2, -0.15) is 18.7 Å². The van der Waals surface area contributed by atoms with Crippen LogP contribution < -0.4 is 16.1 Å². The van der Waals surface area contributed by atoms with E-state index in [9.17, 15) is 22.8 Å². The molecule has 14 heteroatoms. The molecule has 216 valence electrons. The van der Waals surface area contributed by atoms with Crippen LogP contribution in [0.15, 0.2) is 67.1 Å². The van der Waals surface area contributed by atoms with Gasteiger partial charge in [-0.15, -0.1) is 0 Å². The second kappa shape index (κ2) is 13.5. The number of methoxy groups -OCH3 is 1. The summed E-state index contributed by atoms with van der Waals surface area (Å²) in [4.78, 5) is 34.5. The SMILES string of the molecule is COCCOCCNOC(=O)c1cn(-c2ccc(NC(=O)Nc3ccc(Cl)c(C(F)(F)F)c3)cc2)c2cnccc12. The summed E-state index contributed by atoms with van der Waals surface area (Å²) < 4.78 is 51.2. The minimum absolute atomic E-state index is 0.0744. The van der Waals surface area contributed by atoms with Gasteiger partial charge in [0.15, 0.2) is 0 Å². The van der Waals surface area contributed by atoms with Gasteiger partial charge in [0.2, 0.25) is 0 Å². The Balaban J connectivity index is 1.42. The van der Waals surface area contributed by atoms with Gasteiger partial charge >= 0.3 is 18.2 Å². The van der Waals surface area contributed by atoms with Crippen LogP contribution in [-0.4, -0.2) is 55.0 Å². The Kier molecular flexibility index (Phi) is 9.78. The molecule has 0 unspecified atom stereocenters. The van der Waals surface area contributed by atoms with Crippen LogP contribution in [0, 0.1) is 0 Å². The number of urea groups is 1. The highest BCUT2D eigenvalue weighted by Crippen LogP contribution is 2.36. The van der Waals surface area contributed by atoms with Crippen LogP contribution in [0.4, 0.5) is 29.3 Å². The van der Waals surface area contributed by atoms with Gasteiger partial charge in [0, 0.05) is 42.0 Å². The average molecular weight is 592 g/mol. The summed E-state index contributed by atoms with van der Waals surface area (Å²) in [6, 6.07) is 10.6. The van der Waals surface area contributed by atoms with E-state index in [0.29, 0.717) is 54.2 Å². The Labute approximate surface area is 237 Å². The fourth-order valence-electron chi connectivity index (χ4n) is 3.80. The lowest BCUT2D eigenvalue weighted by Gasteiger charge is -2.12. The fraction of sp³-hybridized carbons (Fsp3) is 0.222. The minimum Gasteiger partial charge on any atom is -0.382 e. The van der Waals surface area contributed by atoms with Gasteiger partial charge < -0.3 is 29.5 Å². The molecule has 4 aromatic rings. The van der Waals surface area contributed by atoms with Crippen molar-refractivity contribution in [1.29, 1.82) is 0 Å². The van der Waals surface area contributed by atoms with Crippen LogP contribution in [0.3, 0.4) is 0 Å². The molecule has 2 aromatic heterocycles. The van der Waals surface area contributed by atoms with Gasteiger partial charge in [-0.3, -0.25) is 4.98 Å². The number of carbonyl (C=O) groups excluding carboxylic acids is 2. The van der Waals surface area contributed by atoms with E-state index in [2.05, 4.69) is 21.1 Å². The van der Waals surface area contributed by atoms with Crippen molar-refractivity contribution < 1.29 is 37.1 Å². The van der Waals surface area contributed by atoms with Crippen molar-refractivity contribution in [3.63, 3.8) is 0 Å². The lowest BCUT2D eigenvalue weighted by Crippen LogP contribution is -2.24. The van der Waals surface area contributed by atoms with Crippen LogP contribution in [0.2, 0.25) is 5.02 Å². The number of hydrogen-bond donors (Lipinski definition) is 3. The molecule has 0 fully saturated rings. The van der Waals surface area contributed by atoms with Crippen LogP contribution in [0.1, 0.15) is 15.9 Å². The highest BCUT2D eigenvalue weighted by molar-refractivity contribution is 6.31. The molecule has 2 amide bonds. The summed E-state index contributed by atoms with van der Waals surface area (Å²) >= 11 is 5.62. The molecule has 0 bridgehead atoms. The first-order valence-electron chi connectivity index (χ1n) is 12.2. The van der Waals surface area contributed by atoms with Crippen molar-refractivity contribution >= 4 is 45.9 Å². The molecule has 0 aliphatic heterocycles. The maximum atomic E-state index is 13.1. The Morgan fingerprint density at radius 2 is 1.73 bits per heavy atom. The minimum atomic E-state index is -4.66.